The smallest absolute Gasteiger partial charge is 0.242 e. The summed E-state index contributed by atoms with van der Waals surface area (Å²) in [7, 11) is -1.78. The van der Waals surface area contributed by atoms with Crippen LogP contribution >= 0.6 is 0 Å². The lowest BCUT2D eigenvalue weighted by molar-refractivity contribution is 0.463. The predicted molar refractivity (Wildman–Crippen MR) is 64.7 cm³/mol. The fourth-order valence-corrected chi connectivity index (χ4v) is 2.53. The molecule has 0 amide bonds. The number of aryl methyl sites for hydroxylation is 1. The van der Waals surface area contributed by atoms with Crippen molar-refractivity contribution in [3.05, 3.63) is 29.8 Å². The van der Waals surface area contributed by atoms with E-state index in [2.05, 4.69) is 0 Å². The van der Waals surface area contributed by atoms with Gasteiger partial charge in [0, 0.05) is 13.6 Å². The van der Waals surface area contributed by atoms with Crippen molar-refractivity contribution < 1.29 is 8.42 Å². The molecule has 0 unspecified atom stereocenters. The van der Waals surface area contributed by atoms with E-state index in [0.717, 1.165) is 5.56 Å². The molecule has 0 aliphatic rings. The van der Waals surface area contributed by atoms with Crippen LogP contribution in [0.1, 0.15) is 12.0 Å². The maximum Gasteiger partial charge on any atom is 0.242 e. The molecule has 2 N–H and O–H groups in total. The van der Waals surface area contributed by atoms with Gasteiger partial charge in [0.2, 0.25) is 10.0 Å². The van der Waals surface area contributed by atoms with Crippen LogP contribution in [0, 0.1) is 6.92 Å². The highest BCUT2D eigenvalue weighted by Crippen LogP contribution is 2.14. The molecular weight excluding hydrogens is 224 g/mol. The number of hydrogen-bond donors (Lipinski definition) is 1. The van der Waals surface area contributed by atoms with Gasteiger partial charge in [-0.3, -0.25) is 0 Å². The van der Waals surface area contributed by atoms with E-state index >= 15 is 0 Å². The molecule has 0 saturated carbocycles. The topological polar surface area (TPSA) is 63.4 Å². The largest absolute Gasteiger partial charge is 0.330 e. The third-order valence-electron chi connectivity index (χ3n) is 2.41. The summed E-state index contributed by atoms with van der Waals surface area (Å²) in [6.45, 7) is 2.87. The standard InChI is InChI=1S/C11H18N2O2S/c1-10-4-6-11(7-5-10)16(14,15)13(2)9-3-8-12/h4-7H,3,8-9,12H2,1-2H3. The molecule has 90 valence electrons. The summed E-state index contributed by atoms with van der Waals surface area (Å²) in [6, 6.07) is 6.85. The molecule has 0 aromatic heterocycles. The molecule has 0 aliphatic heterocycles. The second kappa shape index (κ2) is 5.43. The SMILES string of the molecule is Cc1ccc(S(=O)(=O)N(C)CCCN)cc1. The van der Waals surface area contributed by atoms with Crippen molar-refractivity contribution in [2.24, 2.45) is 5.73 Å². The van der Waals surface area contributed by atoms with Crippen molar-refractivity contribution in [1.29, 1.82) is 0 Å². The molecule has 1 aromatic carbocycles. The van der Waals surface area contributed by atoms with Gasteiger partial charge in [0.1, 0.15) is 0 Å². The van der Waals surface area contributed by atoms with Crippen LogP contribution in [0.2, 0.25) is 0 Å². The molecule has 0 bridgehead atoms. The molecule has 0 atom stereocenters. The first-order chi connectivity index (χ1) is 7.48. The Morgan fingerprint density at radius 1 is 1.25 bits per heavy atom. The first kappa shape index (κ1) is 13.2. The quantitative estimate of drug-likeness (QED) is 0.836. The van der Waals surface area contributed by atoms with Crippen LogP contribution in [0.3, 0.4) is 0 Å². The second-order valence-corrected chi connectivity index (χ2v) is 5.83. The monoisotopic (exact) mass is 242 g/mol. The first-order valence-electron chi connectivity index (χ1n) is 5.21. The lowest BCUT2D eigenvalue weighted by Gasteiger charge is -2.16. The summed E-state index contributed by atoms with van der Waals surface area (Å²) in [5.74, 6) is 0. The summed E-state index contributed by atoms with van der Waals surface area (Å²) < 4.78 is 25.4. The highest BCUT2D eigenvalue weighted by Gasteiger charge is 2.19. The zero-order valence-corrected chi connectivity index (χ0v) is 10.5. The van der Waals surface area contributed by atoms with Crippen LogP contribution in [0.4, 0.5) is 0 Å². The Hall–Kier alpha value is -0.910. The van der Waals surface area contributed by atoms with E-state index in [4.69, 9.17) is 5.73 Å². The Kier molecular flexibility index (Phi) is 4.46. The minimum absolute atomic E-state index is 0.331. The van der Waals surface area contributed by atoms with Gasteiger partial charge in [-0.05, 0) is 32.0 Å². The summed E-state index contributed by atoms with van der Waals surface area (Å²) in [5.41, 5.74) is 6.40. The normalized spacial score (nSPS) is 12.0. The predicted octanol–water partition coefficient (Wildman–Crippen LogP) is 0.964. The van der Waals surface area contributed by atoms with Crippen molar-refractivity contribution in [3.8, 4) is 0 Å². The minimum Gasteiger partial charge on any atom is -0.330 e. The van der Waals surface area contributed by atoms with Crippen molar-refractivity contribution in [2.75, 3.05) is 20.1 Å². The Labute approximate surface area is 97.1 Å². The van der Waals surface area contributed by atoms with Crippen LogP contribution in [0.25, 0.3) is 0 Å². The van der Waals surface area contributed by atoms with Gasteiger partial charge >= 0.3 is 0 Å². The molecule has 0 heterocycles. The van der Waals surface area contributed by atoms with Gasteiger partial charge < -0.3 is 5.73 Å². The molecule has 0 fully saturated rings. The summed E-state index contributed by atoms with van der Waals surface area (Å²) in [6.07, 6.45) is 0.668. The molecule has 0 spiro atoms. The van der Waals surface area contributed by atoms with Crippen LogP contribution in [-0.2, 0) is 10.0 Å². The number of nitrogens with zero attached hydrogens (tertiary/aromatic N) is 1. The van der Waals surface area contributed by atoms with Crippen molar-refractivity contribution >= 4 is 10.0 Å². The fraction of sp³-hybridized carbons (Fsp3) is 0.455. The highest BCUT2D eigenvalue weighted by atomic mass is 32.2. The lowest BCUT2D eigenvalue weighted by Crippen LogP contribution is -2.29. The van der Waals surface area contributed by atoms with Crippen LogP contribution in [0.15, 0.2) is 29.2 Å². The maximum atomic E-state index is 12.0. The van der Waals surface area contributed by atoms with Gasteiger partial charge in [-0.2, -0.15) is 0 Å². The molecule has 16 heavy (non-hydrogen) atoms. The number of benzene rings is 1. The van der Waals surface area contributed by atoms with E-state index in [1.165, 1.54) is 4.31 Å². The molecule has 1 aromatic rings. The molecule has 0 radical (unpaired) electrons. The lowest BCUT2D eigenvalue weighted by atomic mass is 10.2. The minimum atomic E-state index is -3.35. The Balaban J connectivity index is 2.89. The molecule has 1 rings (SSSR count). The number of rotatable bonds is 5. The zero-order chi connectivity index (χ0) is 12.2. The molecule has 4 nitrogen and oxygen atoms in total. The second-order valence-electron chi connectivity index (χ2n) is 3.78. The van der Waals surface area contributed by atoms with Gasteiger partial charge in [-0.25, -0.2) is 12.7 Å². The Morgan fingerprint density at radius 2 is 1.81 bits per heavy atom. The van der Waals surface area contributed by atoms with E-state index < -0.39 is 10.0 Å². The Morgan fingerprint density at radius 3 is 2.31 bits per heavy atom. The Bertz CT molecular complexity index is 426. The van der Waals surface area contributed by atoms with E-state index in [1.807, 2.05) is 6.92 Å². The fourth-order valence-electron chi connectivity index (χ4n) is 1.32. The van der Waals surface area contributed by atoms with Crippen LogP contribution in [0.5, 0.6) is 0 Å². The van der Waals surface area contributed by atoms with E-state index in [1.54, 1.807) is 31.3 Å². The number of nitrogens with two attached hydrogens (primary N) is 1. The van der Waals surface area contributed by atoms with E-state index in [9.17, 15) is 8.42 Å². The first-order valence-corrected chi connectivity index (χ1v) is 6.65. The molecule has 0 aliphatic carbocycles. The van der Waals surface area contributed by atoms with Crippen LogP contribution in [-0.4, -0.2) is 32.9 Å². The average Bonchev–Trinajstić information content (AvgIpc) is 2.26. The summed E-state index contributed by atoms with van der Waals surface area (Å²) in [5, 5.41) is 0. The maximum absolute atomic E-state index is 12.0. The van der Waals surface area contributed by atoms with Gasteiger partial charge in [-0.15, -0.1) is 0 Å². The van der Waals surface area contributed by atoms with E-state index in [0.29, 0.717) is 24.4 Å². The van der Waals surface area contributed by atoms with Gasteiger partial charge in [0.15, 0.2) is 0 Å². The van der Waals surface area contributed by atoms with E-state index in [-0.39, 0.29) is 0 Å². The third-order valence-corrected chi connectivity index (χ3v) is 4.28. The summed E-state index contributed by atoms with van der Waals surface area (Å²) >= 11 is 0. The average molecular weight is 242 g/mol. The number of sulfonamides is 1. The van der Waals surface area contributed by atoms with Gasteiger partial charge in [0.25, 0.3) is 0 Å². The number of hydrogen-bond acceptors (Lipinski definition) is 3. The summed E-state index contributed by atoms with van der Waals surface area (Å²) in [4.78, 5) is 0.331. The van der Waals surface area contributed by atoms with Crippen molar-refractivity contribution in [3.63, 3.8) is 0 Å². The van der Waals surface area contributed by atoms with Gasteiger partial charge in [-0.1, -0.05) is 17.7 Å². The molecule has 0 saturated heterocycles. The van der Waals surface area contributed by atoms with Crippen molar-refractivity contribution in [2.45, 2.75) is 18.2 Å². The molecular formula is C11H18N2O2S. The zero-order valence-electron chi connectivity index (χ0n) is 9.68. The highest BCUT2D eigenvalue weighted by molar-refractivity contribution is 7.89. The van der Waals surface area contributed by atoms with Crippen LogP contribution < -0.4 is 5.73 Å². The third kappa shape index (κ3) is 3.04. The van der Waals surface area contributed by atoms with Crippen molar-refractivity contribution in [1.82, 2.24) is 4.31 Å². The van der Waals surface area contributed by atoms with Gasteiger partial charge in [0.05, 0.1) is 4.90 Å². The molecule has 5 heteroatoms.